The first-order chi connectivity index (χ1) is 6.24. The molecule has 0 amide bonds. The van der Waals surface area contributed by atoms with Crippen LogP contribution in [-0.2, 0) is 4.74 Å². The first kappa shape index (κ1) is 12.9. The molecule has 0 radical (unpaired) electrons. The maximum absolute atomic E-state index is 4.97. The lowest BCUT2D eigenvalue weighted by molar-refractivity contribution is 0.393. The van der Waals surface area contributed by atoms with E-state index < -0.39 is 0 Å². The van der Waals surface area contributed by atoms with E-state index in [1.165, 1.54) is 32.1 Å². The van der Waals surface area contributed by atoms with Crippen molar-refractivity contribution in [3.8, 4) is 0 Å². The van der Waals surface area contributed by atoms with Crippen LogP contribution in [0.3, 0.4) is 0 Å². The lowest BCUT2D eigenvalue weighted by Gasteiger charge is -2.11. The Balaban J connectivity index is 3.28. The second-order valence-electron chi connectivity index (χ2n) is 3.50. The van der Waals surface area contributed by atoms with Gasteiger partial charge >= 0.3 is 0 Å². The highest BCUT2D eigenvalue weighted by Crippen LogP contribution is 2.16. The number of hydrogen-bond donors (Lipinski definition) is 0. The van der Waals surface area contributed by atoms with E-state index in [1.807, 2.05) is 0 Å². The van der Waals surface area contributed by atoms with Crippen molar-refractivity contribution in [1.82, 2.24) is 0 Å². The van der Waals surface area contributed by atoms with Crippen LogP contribution in [-0.4, -0.2) is 12.2 Å². The molecule has 0 saturated heterocycles. The van der Waals surface area contributed by atoms with Crippen LogP contribution in [0.25, 0.3) is 0 Å². The standard InChI is InChI=1S/C11H22OS/c1-4-10(5-2)8-6-7-9-11(13)12-3/h10H,4-9H2,1-3H3. The fourth-order valence-electron chi connectivity index (χ4n) is 1.50. The second kappa shape index (κ2) is 8.49. The molecule has 0 fully saturated rings. The summed E-state index contributed by atoms with van der Waals surface area (Å²) in [6, 6.07) is 0. The molecule has 0 saturated carbocycles. The van der Waals surface area contributed by atoms with Crippen molar-refractivity contribution in [1.29, 1.82) is 0 Å². The van der Waals surface area contributed by atoms with E-state index in [4.69, 9.17) is 17.0 Å². The minimum Gasteiger partial charge on any atom is -0.490 e. The topological polar surface area (TPSA) is 9.23 Å². The van der Waals surface area contributed by atoms with Gasteiger partial charge in [0, 0.05) is 6.42 Å². The molecule has 0 aliphatic rings. The molecule has 0 bridgehead atoms. The van der Waals surface area contributed by atoms with E-state index in [-0.39, 0.29) is 0 Å². The van der Waals surface area contributed by atoms with E-state index in [0.717, 1.165) is 17.4 Å². The summed E-state index contributed by atoms with van der Waals surface area (Å²) in [5.41, 5.74) is 0. The molecule has 2 heteroatoms. The van der Waals surface area contributed by atoms with Gasteiger partial charge in [0.25, 0.3) is 0 Å². The van der Waals surface area contributed by atoms with E-state index in [1.54, 1.807) is 7.11 Å². The van der Waals surface area contributed by atoms with Crippen LogP contribution in [0.2, 0.25) is 0 Å². The number of unbranched alkanes of at least 4 members (excludes halogenated alkanes) is 1. The molecule has 0 aliphatic carbocycles. The predicted octanol–water partition coefficient (Wildman–Crippen LogP) is 3.96. The fraction of sp³-hybridized carbons (Fsp3) is 0.909. The quantitative estimate of drug-likeness (QED) is 0.456. The Morgan fingerprint density at radius 3 is 2.31 bits per heavy atom. The summed E-state index contributed by atoms with van der Waals surface area (Å²) in [6.07, 6.45) is 7.39. The zero-order valence-electron chi connectivity index (χ0n) is 9.14. The molecule has 0 aromatic rings. The van der Waals surface area contributed by atoms with Gasteiger partial charge in [0.05, 0.1) is 7.11 Å². The third kappa shape index (κ3) is 7.00. The zero-order chi connectivity index (χ0) is 10.1. The van der Waals surface area contributed by atoms with E-state index in [0.29, 0.717) is 0 Å². The minimum atomic E-state index is 0.754. The number of hydrogen-bond acceptors (Lipinski definition) is 2. The monoisotopic (exact) mass is 202 g/mol. The Morgan fingerprint density at radius 2 is 1.85 bits per heavy atom. The van der Waals surface area contributed by atoms with Crippen molar-refractivity contribution in [2.45, 2.75) is 52.4 Å². The van der Waals surface area contributed by atoms with Gasteiger partial charge in [-0.05, 0) is 24.6 Å². The summed E-state index contributed by atoms with van der Waals surface area (Å²) in [6.45, 7) is 4.54. The number of ether oxygens (including phenoxy) is 1. The summed E-state index contributed by atoms with van der Waals surface area (Å²) >= 11 is 4.97. The summed E-state index contributed by atoms with van der Waals surface area (Å²) in [7, 11) is 1.66. The molecule has 13 heavy (non-hydrogen) atoms. The Hall–Kier alpha value is -0.110. The fourth-order valence-corrected chi connectivity index (χ4v) is 1.65. The average molecular weight is 202 g/mol. The van der Waals surface area contributed by atoms with Crippen molar-refractivity contribution in [2.75, 3.05) is 7.11 Å². The van der Waals surface area contributed by atoms with Crippen LogP contribution < -0.4 is 0 Å². The van der Waals surface area contributed by atoms with E-state index >= 15 is 0 Å². The third-order valence-corrected chi connectivity index (χ3v) is 3.00. The second-order valence-corrected chi connectivity index (χ2v) is 3.96. The van der Waals surface area contributed by atoms with Crippen LogP contribution in [0.4, 0.5) is 0 Å². The molecule has 0 heterocycles. The highest BCUT2D eigenvalue weighted by molar-refractivity contribution is 7.80. The molecular formula is C11H22OS. The SMILES string of the molecule is CCC(CC)CCCCC(=S)OC. The Kier molecular flexibility index (Phi) is 8.41. The molecule has 0 aromatic heterocycles. The van der Waals surface area contributed by atoms with Crippen molar-refractivity contribution in [3.05, 3.63) is 0 Å². The van der Waals surface area contributed by atoms with E-state index in [2.05, 4.69) is 13.8 Å². The van der Waals surface area contributed by atoms with Gasteiger partial charge in [-0.2, -0.15) is 0 Å². The number of rotatable bonds is 7. The largest absolute Gasteiger partial charge is 0.490 e. The first-order valence-corrected chi connectivity index (χ1v) is 5.72. The molecular weight excluding hydrogens is 180 g/mol. The van der Waals surface area contributed by atoms with E-state index in [9.17, 15) is 0 Å². The van der Waals surface area contributed by atoms with Crippen LogP contribution in [0.15, 0.2) is 0 Å². The van der Waals surface area contributed by atoms with Gasteiger partial charge < -0.3 is 4.74 Å². The molecule has 78 valence electrons. The van der Waals surface area contributed by atoms with Gasteiger partial charge in [-0.1, -0.05) is 39.5 Å². The van der Waals surface area contributed by atoms with Crippen molar-refractivity contribution >= 4 is 17.3 Å². The molecule has 0 spiro atoms. The number of thiocarbonyl (C=S) groups is 1. The van der Waals surface area contributed by atoms with Crippen molar-refractivity contribution in [3.63, 3.8) is 0 Å². The molecule has 0 aromatic carbocycles. The summed E-state index contributed by atoms with van der Waals surface area (Å²) in [5.74, 6) is 0.913. The highest BCUT2D eigenvalue weighted by Gasteiger charge is 2.03. The molecule has 0 rings (SSSR count). The van der Waals surface area contributed by atoms with Crippen LogP contribution >= 0.6 is 12.2 Å². The minimum absolute atomic E-state index is 0.754. The van der Waals surface area contributed by atoms with Crippen LogP contribution in [0.1, 0.15) is 52.4 Å². The number of methoxy groups -OCH3 is 1. The molecule has 0 unspecified atom stereocenters. The summed E-state index contributed by atoms with van der Waals surface area (Å²) in [4.78, 5) is 0. The molecule has 0 atom stereocenters. The summed E-state index contributed by atoms with van der Waals surface area (Å²) < 4.78 is 4.94. The lowest BCUT2D eigenvalue weighted by Crippen LogP contribution is -1.99. The highest BCUT2D eigenvalue weighted by atomic mass is 32.1. The predicted molar refractivity (Wildman–Crippen MR) is 62.1 cm³/mol. The van der Waals surface area contributed by atoms with Crippen molar-refractivity contribution < 1.29 is 4.74 Å². The van der Waals surface area contributed by atoms with Crippen LogP contribution in [0.5, 0.6) is 0 Å². The van der Waals surface area contributed by atoms with Gasteiger partial charge in [-0.25, -0.2) is 0 Å². The first-order valence-electron chi connectivity index (χ1n) is 5.31. The molecule has 0 N–H and O–H groups in total. The van der Waals surface area contributed by atoms with Gasteiger partial charge in [-0.3, -0.25) is 0 Å². The molecule has 1 nitrogen and oxygen atoms in total. The van der Waals surface area contributed by atoms with Crippen LogP contribution in [0, 0.1) is 5.92 Å². The maximum Gasteiger partial charge on any atom is 0.159 e. The average Bonchev–Trinajstić information content (AvgIpc) is 2.18. The van der Waals surface area contributed by atoms with Gasteiger partial charge in [0.1, 0.15) is 0 Å². The normalized spacial score (nSPS) is 10.5. The smallest absolute Gasteiger partial charge is 0.159 e. The Bertz CT molecular complexity index is 130. The third-order valence-electron chi connectivity index (χ3n) is 2.63. The zero-order valence-corrected chi connectivity index (χ0v) is 9.95. The molecule has 0 aliphatic heterocycles. The Labute approximate surface area is 87.9 Å². The van der Waals surface area contributed by atoms with Gasteiger partial charge in [0.2, 0.25) is 0 Å². The van der Waals surface area contributed by atoms with Gasteiger partial charge in [-0.15, -0.1) is 0 Å². The lowest BCUT2D eigenvalue weighted by atomic mass is 9.96. The van der Waals surface area contributed by atoms with Gasteiger partial charge in [0.15, 0.2) is 5.05 Å². The summed E-state index contributed by atoms with van der Waals surface area (Å²) in [5, 5.41) is 0.754. The Morgan fingerprint density at radius 1 is 1.23 bits per heavy atom. The maximum atomic E-state index is 4.97. The van der Waals surface area contributed by atoms with Crippen molar-refractivity contribution in [2.24, 2.45) is 5.92 Å².